The van der Waals surface area contributed by atoms with Gasteiger partial charge in [0.05, 0.1) is 0 Å². The van der Waals surface area contributed by atoms with Crippen LogP contribution in [0.25, 0.3) is 0 Å². The van der Waals surface area contributed by atoms with Crippen molar-refractivity contribution in [1.82, 2.24) is 10.1 Å². The van der Waals surface area contributed by atoms with Crippen LogP contribution in [0, 0.1) is 6.92 Å². The van der Waals surface area contributed by atoms with Gasteiger partial charge in [0.25, 0.3) is 5.89 Å². The second-order valence-electron chi connectivity index (χ2n) is 4.50. The van der Waals surface area contributed by atoms with Crippen LogP contribution in [0.4, 0.5) is 0 Å². The highest BCUT2D eigenvalue weighted by molar-refractivity contribution is 5.34. The number of nitrogens with zero attached hydrogens (tertiary/aromatic N) is 2. The van der Waals surface area contributed by atoms with Crippen LogP contribution in [0.1, 0.15) is 30.6 Å². The van der Waals surface area contributed by atoms with E-state index in [-0.39, 0.29) is 12.6 Å². The van der Waals surface area contributed by atoms with Crippen molar-refractivity contribution < 1.29 is 9.26 Å². The Hall–Kier alpha value is -1.88. The highest BCUT2D eigenvalue weighted by Gasteiger charge is 2.09. The van der Waals surface area contributed by atoms with Gasteiger partial charge in [0.15, 0.2) is 12.4 Å². The number of nitrogens with two attached hydrogens (primary N) is 1. The van der Waals surface area contributed by atoms with E-state index in [1.807, 2.05) is 24.3 Å². The molecule has 1 heterocycles. The molecule has 0 spiro atoms. The van der Waals surface area contributed by atoms with E-state index >= 15 is 0 Å². The van der Waals surface area contributed by atoms with Crippen LogP contribution < -0.4 is 10.5 Å². The van der Waals surface area contributed by atoms with Crippen molar-refractivity contribution in [3.8, 4) is 5.75 Å². The summed E-state index contributed by atoms with van der Waals surface area (Å²) in [5.74, 6) is 1.91. The van der Waals surface area contributed by atoms with Gasteiger partial charge in [-0.1, -0.05) is 30.3 Å². The van der Waals surface area contributed by atoms with E-state index in [0.29, 0.717) is 11.7 Å². The first-order valence-corrected chi connectivity index (χ1v) is 6.44. The zero-order chi connectivity index (χ0) is 13.7. The number of hydrogen-bond acceptors (Lipinski definition) is 5. The van der Waals surface area contributed by atoms with Crippen molar-refractivity contribution in [2.75, 3.05) is 0 Å². The van der Waals surface area contributed by atoms with Crippen LogP contribution in [0.2, 0.25) is 0 Å². The minimum Gasteiger partial charge on any atom is -0.483 e. The van der Waals surface area contributed by atoms with E-state index in [2.05, 4.69) is 17.1 Å². The lowest BCUT2D eigenvalue weighted by Gasteiger charge is -2.13. The second-order valence-corrected chi connectivity index (χ2v) is 4.50. The van der Waals surface area contributed by atoms with E-state index in [1.54, 1.807) is 6.92 Å². The third-order valence-electron chi connectivity index (χ3n) is 2.90. The maximum atomic E-state index is 5.99. The van der Waals surface area contributed by atoms with Gasteiger partial charge in [-0.3, -0.25) is 0 Å². The minimum absolute atomic E-state index is 0.149. The van der Waals surface area contributed by atoms with Gasteiger partial charge in [0.1, 0.15) is 5.75 Å². The predicted octanol–water partition coefficient (Wildman–Crippen LogP) is 2.24. The van der Waals surface area contributed by atoms with Crippen LogP contribution in [-0.2, 0) is 13.0 Å². The molecule has 5 nitrogen and oxygen atoms in total. The van der Waals surface area contributed by atoms with Gasteiger partial charge < -0.3 is 15.0 Å². The number of ether oxygens (including phenoxy) is 1. The molecule has 2 aromatic rings. The zero-order valence-electron chi connectivity index (χ0n) is 11.3. The van der Waals surface area contributed by atoms with E-state index < -0.39 is 0 Å². The molecule has 2 rings (SSSR count). The molecule has 0 saturated carbocycles. The summed E-state index contributed by atoms with van der Waals surface area (Å²) in [7, 11) is 0. The summed E-state index contributed by atoms with van der Waals surface area (Å²) in [5.41, 5.74) is 7.09. The Labute approximate surface area is 112 Å². The first-order valence-electron chi connectivity index (χ1n) is 6.44. The summed E-state index contributed by atoms with van der Waals surface area (Å²) in [5, 5.41) is 3.73. The first kappa shape index (κ1) is 13.5. The largest absolute Gasteiger partial charge is 0.483 e. The second kappa shape index (κ2) is 6.33. The molecule has 19 heavy (non-hydrogen) atoms. The Kier molecular flexibility index (Phi) is 4.52. The SMILES string of the molecule is CCC(N)Cc1ccccc1OCc1nc(C)no1. The lowest BCUT2D eigenvalue weighted by Crippen LogP contribution is -2.21. The average molecular weight is 261 g/mol. The Morgan fingerprint density at radius 2 is 2.16 bits per heavy atom. The molecule has 102 valence electrons. The van der Waals surface area contributed by atoms with Crippen molar-refractivity contribution in [1.29, 1.82) is 0 Å². The highest BCUT2D eigenvalue weighted by atomic mass is 16.5. The number of para-hydroxylation sites is 1. The molecule has 0 aliphatic heterocycles. The highest BCUT2D eigenvalue weighted by Crippen LogP contribution is 2.20. The van der Waals surface area contributed by atoms with E-state index in [0.717, 1.165) is 24.2 Å². The van der Waals surface area contributed by atoms with Gasteiger partial charge in [-0.2, -0.15) is 4.98 Å². The molecular formula is C14H19N3O2. The van der Waals surface area contributed by atoms with Crippen LogP contribution in [-0.4, -0.2) is 16.2 Å². The van der Waals surface area contributed by atoms with Crippen LogP contribution in [0.3, 0.4) is 0 Å². The van der Waals surface area contributed by atoms with Gasteiger partial charge in [-0.25, -0.2) is 0 Å². The zero-order valence-corrected chi connectivity index (χ0v) is 11.3. The number of hydrogen-bond donors (Lipinski definition) is 1. The summed E-state index contributed by atoms with van der Waals surface area (Å²) in [6.07, 6.45) is 1.74. The average Bonchev–Trinajstić information content (AvgIpc) is 2.83. The molecule has 0 amide bonds. The van der Waals surface area contributed by atoms with Gasteiger partial charge in [0, 0.05) is 6.04 Å². The third kappa shape index (κ3) is 3.79. The molecule has 0 aliphatic rings. The number of benzene rings is 1. The first-order chi connectivity index (χ1) is 9.19. The third-order valence-corrected chi connectivity index (χ3v) is 2.90. The fourth-order valence-corrected chi connectivity index (χ4v) is 1.78. The van der Waals surface area contributed by atoms with Crippen LogP contribution in [0.15, 0.2) is 28.8 Å². The quantitative estimate of drug-likeness (QED) is 0.863. The van der Waals surface area contributed by atoms with Crippen molar-refractivity contribution >= 4 is 0 Å². The summed E-state index contributed by atoms with van der Waals surface area (Å²) < 4.78 is 10.7. The molecule has 0 radical (unpaired) electrons. The fourth-order valence-electron chi connectivity index (χ4n) is 1.78. The molecule has 5 heteroatoms. The molecule has 1 unspecified atom stereocenters. The molecular weight excluding hydrogens is 242 g/mol. The molecule has 0 fully saturated rings. The lowest BCUT2D eigenvalue weighted by molar-refractivity contribution is 0.240. The minimum atomic E-state index is 0.149. The summed E-state index contributed by atoms with van der Waals surface area (Å²) in [4.78, 5) is 4.11. The summed E-state index contributed by atoms with van der Waals surface area (Å²) in [6, 6.07) is 8.04. The van der Waals surface area contributed by atoms with Crippen LogP contribution >= 0.6 is 0 Å². The monoisotopic (exact) mass is 261 g/mol. The Morgan fingerprint density at radius 3 is 2.84 bits per heavy atom. The molecule has 0 saturated heterocycles. The van der Waals surface area contributed by atoms with Crippen LogP contribution in [0.5, 0.6) is 5.75 Å². The Balaban J connectivity index is 2.03. The molecule has 1 aromatic heterocycles. The van der Waals surface area contributed by atoms with Gasteiger partial charge in [0.2, 0.25) is 0 Å². The smallest absolute Gasteiger partial charge is 0.264 e. The number of rotatable bonds is 6. The molecule has 0 aliphatic carbocycles. The van der Waals surface area contributed by atoms with E-state index in [1.165, 1.54) is 0 Å². The van der Waals surface area contributed by atoms with E-state index in [4.69, 9.17) is 15.0 Å². The van der Waals surface area contributed by atoms with Crippen molar-refractivity contribution in [2.45, 2.75) is 39.3 Å². The topological polar surface area (TPSA) is 74.2 Å². The van der Waals surface area contributed by atoms with Gasteiger partial charge >= 0.3 is 0 Å². The molecule has 1 aromatic carbocycles. The van der Waals surface area contributed by atoms with Gasteiger partial charge in [-0.15, -0.1) is 0 Å². The predicted molar refractivity (Wildman–Crippen MR) is 71.8 cm³/mol. The van der Waals surface area contributed by atoms with E-state index in [9.17, 15) is 0 Å². The fraction of sp³-hybridized carbons (Fsp3) is 0.429. The maximum Gasteiger partial charge on any atom is 0.264 e. The summed E-state index contributed by atoms with van der Waals surface area (Å²) in [6.45, 7) is 4.13. The number of aryl methyl sites for hydroxylation is 1. The normalized spacial score (nSPS) is 12.4. The molecule has 0 bridgehead atoms. The lowest BCUT2D eigenvalue weighted by atomic mass is 10.0. The Bertz CT molecular complexity index is 525. The van der Waals surface area contributed by atoms with Crippen molar-refractivity contribution in [3.05, 3.63) is 41.5 Å². The Morgan fingerprint density at radius 1 is 1.37 bits per heavy atom. The summed E-state index contributed by atoms with van der Waals surface area (Å²) >= 11 is 0. The maximum absolute atomic E-state index is 5.99. The molecule has 1 atom stereocenters. The van der Waals surface area contributed by atoms with Crippen molar-refractivity contribution in [2.24, 2.45) is 5.73 Å². The number of aromatic nitrogens is 2. The molecule has 2 N–H and O–H groups in total. The van der Waals surface area contributed by atoms with Gasteiger partial charge in [-0.05, 0) is 31.4 Å². The standard InChI is InChI=1S/C14H19N3O2/c1-3-12(15)8-11-6-4-5-7-13(11)18-9-14-16-10(2)17-19-14/h4-7,12H,3,8-9,15H2,1-2H3. The van der Waals surface area contributed by atoms with Crippen molar-refractivity contribution in [3.63, 3.8) is 0 Å².